The molecule has 0 saturated carbocycles. The van der Waals surface area contributed by atoms with E-state index in [1.165, 1.54) is 18.2 Å². The molecule has 0 atom stereocenters. The standard InChI is InChI=1S/C26H23N3O3.C25H21N3O3.CH4O.CH4/c1-31-20-11-13-23-18(15-20)9-6-14-29(23)25-24(17-7-4-3-5-8-17)27-21-12-10-19(26(30)32-2)16-22(21)28-25;1-31-19-10-12-22-17(14-19)8-5-13-28(22)24-23(16-6-3-2-4-7-16)26-20-11-9-18(25(29)30)15-21(20)27-24;1-2;/h3-5,7-8,10-13,15-16H,6,9,14H2,1-2H3;2-4,6-7,9-12,14-15H,5,8,13H2,1H3,(H,29,30);2H,1H3;1H4. The fourth-order valence-electron chi connectivity index (χ4n) is 8.26. The molecule has 0 unspecified atom stereocenters. The molecule has 0 spiro atoms. The lowest BCUT2D eigenvalue weighted by Crippen LogP contribution is -2.26. The average molecular weight is 885 g/mol. The Morgan fingerprint density at radius 2 is 0.970 bits per heavy atom. The first-order valence-electron chi connectivity index (χ1n) is 21.2. The van der Waals surface area contributed by atoms with Gasteiger partial charge in [0.2, 0.25) is 0 Å². The number of aryl methyl sites for hydroxylation is 2. The molecule has 6 aromatic carbocycles. The zero-order chi connectivity index (χ0) is 45.5. The van der Waals surface area contributed by atoms with Crippen LogP contribution >= 0.6 is 0 Å². The van der Waals surface area contributed by atoms with Crippen molar-refractivity contribution in [2.45, 2.75) is 33.1 Å². The Labute approximate surface area is 383 Å². The Bertz CT molecular complexity index is 3000. The van der Waals surface area contributed by atoms with Gasteiger partial charge in [-0.25, -0.2) is 29.5 Å². The van der Waals surface area contributed by atoms with Crippen molar-refractivity contribution < 1.29 is 34.0 Å². The van der Waals surface area contributed by atoms with Gasteiger partial charge >= 0.3 is 11.9 Å². The normalized spacial score (nSPS) is 12.6. The number of benzene rings is 6. The molecule has 10 rings (SSSR count). The van der Waals surface area contributed by atoms with Gasteiger partial charge in [-0.1, -0.05) is 68.1 Å². The number of hydrogen-bond donors (Lipinski definition) is 2. The molecule has 13 heteroatoms. The van der Waals surface area contributed by atoms with Crippen LogP contribution in [0, 0.1) is 0 Å². The van der Waals surface area contributed by atoms with Crippen LogP contribution in [0.4, 0.5) is 23.0 Å². The number of carbonyl (C=O) groups excluding carboxylic acids is 1. The predicted molar refractivity (Wildman–Crippen MR) is 260 cm³/mol. The predicted octanol–water partition coefficient (Wildman–Crippen LogP) is 10.5. The second-order valence-corrected chi connectivity index (χ2v) is 15.2. The minimum absolute atomic E-state index is 0. The van der Waals surface area contributed by atoms with Crippen molar-refractivity contribution in [3.05, 3.63) is 156 Å². The highest BCUT2D eigenvalue weighted by atomic mass is 16.5. The van der Waals surface area contributed by atoms with Gasteiger partial charge in [0.15, 0.2) is 11.6 Å². The first kappa shape index (κ1) is 46.1. The van der Waals surface area contributed by atoms with Crippen molar-refractivity contribution in [3.63, 3.8) is 0 Å². The number of ether oxygens (including phenoxy) is 3. The van der Waals surface area contributed by atoms with Gasteiger partial charge in [-0.2, -0.15) is 0 Å². The molecule has 0 saturated heterocycles. The Kier molecular flexibility index (Phi) is 14.5. The summed E-state index contributed by atoms with van der Waals surface area (Å²) in [7, 11) is 5.73. The second-order valence-electron chi connectivity index (χ2n) is 15.2. The Hall–Kier alpha value is -7.90. The van der Waals surface area contributed by atoms with E-state index in [0.717, 1.165) is 108 Å². The maximum absolute atomic E-state index is 12.1. The van der Waals surface area contributed by atoms with E-state index in [4.69, 9.17) is 39.3 Å². The first-order chi connectivity index (χ1) is 31.8. The van der Waals surface area contributed by atoms with Gasteiger partial charge < -0.3 is 34.2 Å². The summed E-state index contributed by atoms with van der Waals surface area (Å²) in [5, 5.41) is 16.4. The van der Waals surface area contributed by atoms with E-state index < -0.39 is 11.9 Å². The largest absolute Gasteiger partial charge is 0.497 e. The van der Waals surface area contributed by atoms with Crippen molar-refractivity contribution in [1.82, 2.24) is 19.9 Å². The van der Waals surface area contributed by atoms with Gasteiger partial charge in [-0.3, -0.25) is 0 Å². The molecule has 336 valence electrons. The number of fused-ring (bicyclic) bond motifs is 4. The number of esters is 1. The van der Waals surface area contributed by atoms with Gasteiger partial charge in [0, 0.05) is 42.7 Å². The van der Waals surface area contributed by atoms with Gasteiger partial charge in [0.05, 0.1) is 54.5 Å². The fourth-order valence-corrected chi connectivity index (χ4v) is 8.26. The maximum Gasteiger partial charge on any atom is 0.337 e. The highest BCUT2D eigenvalue weighted by Crippen LogP contribution is 2.41. The van der Waals surface area contributed by atoms with Crippen LogP contribution in [0.5, 0.6) is 11.5 Å². The zero-order valence-electron chi connectivity index (χ0n) is 36.6. The SMILES string of the molecule is C.CO.COC(=O)c1ccc2nc(-c3ccccc3)c(N3CCCc4cc(OC)ccc43)nc2c1.COc1ccc2c(c1)CCCN2c1nc2cc(C(=O)O)ccc2nc1-c1ccccc1. The van der Waals surface area contributed by atoms with Gasteiger partial charge in [0.25, 0.3) is 0 Å². The molecular formula is C53H52N6O7. The van der Waals surface area contributed by atoms with E-state index >= 15 is 0 Å². The lowest BCUT2D eigenvalue weighted by molar-refractivity contribution is 0.0600. The average Bonchev–Trinajstić information content (AvgIpc) is 3.37. The number of aliphatic hydroxyl groups is 1. The van der Waals surface area contributed by atoms with Crippen LogP contribution in [0.2, 0.25) is 0 Å². The molecule has 0 fully saturated rings. The summed E-state index contributed by atoms with van der Waals surface area (Å²) in [5.74, 6) is 1.82. The number of rotatable bonds is 8. The third-order valence-electron chi connectivity index (χ3n) is 11.4. The van der Waals surface area contributed by atoms with E-state index in [1.807, 2.05) is 78.9 Å². The lowest BCUT2D eigenvalue weighted by Gasteiger charge is -2.32. The van der Waals surface area contributed by atoms with Crippen molar-refractivity contribution in [3.8, 4) is 34.0 Å². The summed E-state index contributed by atoms with van der Waals surface area (Å²) in [6, 6.07) is 42.4. The van der Waals surface area contributed by atoms with Crippen molar-refractivity contribution in [2.75, 3.05) is 51.3 Å². The van der Waals surface area contributed by atoms with Crippen molar-refractivity contribution in [2.24, 2.45) is 0 Å². The smallest absolute Gasteiger partial charge is 0.337 e. The van der Waals surface area contributed by atoms with Crippen LogP contribution in [0.25, 0.3) is 44.6 Å². The first-order valence-corrected chi connectivity index (χ1v) is 21.2. The second kappa shape index (κ2) is 20.7. The molecule has 2 N–H and O–H groups in total. The Morgan fingerprint density at radius 1 is 0.530 bits per heavy atom. The third kappa shape index (κ3) is 9.47. The molecule has 0 radical (unpaired) electrons. The van der Waals surface area contributed by atoms with E-state index in [-0.39, 0.29) is 13.0 Å². The van der Waals surface area contributed by atoms with Gasteiger partial charge in [0.1, 0.15) is 22.9 Å². The molecule has 0 bridgehead atoms. The number of nitrogens with zero attached hydrogens (tertiary/aromatic N) is 6. The number of aromatic carboxylic acids is 1. The fraction of sp³-hybridized carbons (Fsp3) is 0.208. The minimum Gasteiger partial charge on any atom is -0.497 e. The monoisotopic (exact) mass is 884 g/mol. The summed E-state index contributed by atoms with van der Waals surface area (Å²) in [6.45, 7) is 1.63. The summed E-state index contributed by atoms with van der Waals surface area (Å²) in [5.41, 5.74) is 11.4. The van der Waals surface area contributed by atoms with Crippen LogP contribution in [0.15, 0.2) is 133 Å². The molecular weight excluding hydrogens is 833 g/mol. The number of carboxylic acid groups (broad SMARTS) is 1. The molecule has 0 aliphatic carbocycles. The molecule has 4 heterocycles. The maximum atomic E-state index is 12.1. The molecule has 66 heavy (non-hydrogen) atoms. The Balaban J connectivity index is 0.000000187. The van der Waals surface area contributed by atoms with E-state index in [0.29, 0.717) is 22.1 Å². The third-order valence-corrected chi connectivity index (χ3v) is 11.4. The lowest BCUT2D eigenvalue weighted by atomic mass is 10.0. The van der Waals surface area contributed by atoms with Gasteiger partial charge in [-0.05, 0) is 110 Å². The number of hydrogen-bond acceptors (Lipinski definition) is 12. The number of carboxylic acids is 1. The highest BCUT2D eigenvalue weighted by molar-refractivity contribution is 5.96. The summed E-state index contributed by atoms with van der Waals surface area (Å²) in [4.78, 5) is 47.8. The molecule has 2 aliphatic rings. The molecule has 2 aliphatic heterocycles. The number of aromatic nitrogens is 4. The van der Waals surface area contributed by atoms with Crippen LogP contribution in [-0.2, 0) is 17.6 Å². The topological polar surface area (TPSA) is 160 Å². The summed E-state index contributed by atoms with van der Waals surface area (Å²) < 4.78 is 15.7. The summed E-state index contributed by atoms with van der Waals surface area (Å²) >= 11 is 0. The van der Waals surface area contributed by atoms with Crippen molar-refractivity contribution in [1.29, 1.82) is 0 Å². The van der Waals surface area contributed by atoms with E-state index in [9.17, 15) is 14.7 Å². The minimum atomic E-state index is -0.979. The van der Waals surface area contributed by atoms with Crippen LogP contribution in [-0.4, -0.2) is 83.6 Å². The molecule has 8 aromatic rings. The van der Waals surface area contributed by atoms with Crippen LogP contribution < -0.4 is 19.3 Å². The number of carbonyl (C=O) groups is 2. The van der Waals surface area contributed by atoms with Crippen LogP contribution in [0.1, 0.15) is 52.1 Å². The molecule has 13 nitrogen and oxygen atoms in total. The number of methoxy groups -OCH3 is 3. The zero-order valence-corrected chi connectivity index (χ0v) is 36.6. The quantitative estimate of drug-likeness (QED) is 0.139. The summed E-state index contributed by atoms with van der Waals surface area (Å²) in [6.07, 6.45) is 3.92. The van der Waals surface area contributed by atoms with Crippen LogP contribution in [0.3, 0.4) is 0 Å². The van der Waals surface area contributed by atoms with E-state index in [2.05, 4.69) is 34.1 Å². The molecule has 2 aromatic heterocycles. The van der Waals surface area contributed by atoms with Gasteiger partial charge in [-0.15, -0.1) is 0 Å². The number of anilines is 4. The Morgan fingerprint density at radius 3 is 1.39 bits per heavy atom. The molecule has 0 amide bonds. The number of aliphatic hydroxyl groups excluding tert-OH is 1. The highest BCUT2D eigenvalue weighted by Gasteiger charge is 2.26. The van der Waals surface area contributed by atoms with Crippen molar-refractivity contribution >= 4 is 57.0 Å². The van der Waals surface area contributed by atoms with E-state index in [1.54, 1.807) is 44.6 Å².